The van der Waals surface area contributed by atoms with E-state index >= 15 is 4.39 Å². The van der Waals surface area contributed by atoms with Gasteiger partial charge in [-0.05, 0) is 52.3 Å². The molecule has 0 bridgehead atoms. The lowest BCUT2D eigenvalue weighted by Crippen LogP contribution is -2.50. The predicted molar refractivity (Wildman–Crippen MR) is 132 cm³/mol. The summed E-state index contributed by atoms with van der Waals surface area (Å²) in [5.41, 5.74) is -14.2. The number of nitrogens with one attached hydrogen (secondary N) is 1. The molecule has 0 saturated carbocycles. The van der Waals surface area contributed by atoms with E-state index in [2.05, 4.69) is 15.9 Å². The van der Waals surface area contributed by atoms with Gasteiger partial charge in [-0.15, -0.1) is 0 Å². The van der Waals surface area contributed by atoms with E-state index in [1.807, 2.05) is 0 Å². The number of anilines is 2. The Hall–Kier alpha value is -4.20. The van der Waals surface area contributed by atoms with Crippen molar-refractivity contribution >= 4 is 39.1 Å². The highest BCUT2D eigenvalue weighted by Crippen LogP contribution is 2.55. The average molecular weight is 688 g/mol. The minimum Gasteiger partial charge on any atom is -0.320 e. The van der Waals surface area contributed by atoms with Gasteiger partial charge in [-0.25, -0.2) is 8.78 Å². The molecule has 0 radical (unpaired) electrons. The Labute approximate surface area is 242 Å². The van der Waals surface area contributed by atoms with Crippen molar-refractivity contribution in [1.82, 2.24) is 0 Å². The van der Waals surface area contributed by atoms with Gasteiger partial charge in [-0.1, -0.05) is 24.3 Å². The van der Waals surface area contributed by atoms with Crippen LogP contribution >= 0.6 is 15.9 Å². The predicted octanol–water partition coefficient (Wildman–Crippen LogP) is 8.32. The Morgan fingerprint density at radius 1 is 0.860 bits per heavy atom. The maximum atomic E-state index is 15.5. The van der Waals surface area contributed by atoms with Crippen LogP contribution in [-0.4, -0.2) is 30.7 Å². The number of hydrogen-bond acceptors (Lipinski definition) is 3. The van der Waals surface area contributed by atoms with Gasteiger partial charge >= 0.3 is 24.2 Å². The first kappa shape index (κ1) is 33.3. The van der Waals surface area contributed by atoms with Crippen LogP contribution in [0.25, 0.3) is 0 Å². The van der Waals surface area contributed by atoms with Crippen LogP contribution in [0.5, 0.6) is 0 Å². The highest BCUT2D eigenvalue weighted by molar-refractivity contribution is 9.10. The van der Waals surface area contributed by atoms with E-state index < -0.39 is 87.0 Å². The van der Waals surface area contributed by atoms with Gasteiger partial charge in [-0.3, -0.25) is 14.5 Å². The summed E-state index contributed by atoms with van der Waals surface area (Å²) in [4.78, 5) is 26.4. The Kier molecular flexibility index (Phi) is 9.16. The van der Waals surface area contributed by atoms with Crippen molar-refractivity contribution in [2.75, 3.05) is 16.8 Å². The number of nitrogens with zero attached hydrogens (tertiary/aromatic N) is 2. The average Bonchev–Trinajstić information content (AvgIpc) is 2.90. The molecular formula is C26H13BrF11N3O2. The van der Waals surface area contributed by atoms with Crippen LogP contribution in [0, 0.1) is 17.1 Å². The van der Waals surface area contributed by atoms with Crippen molar-refractivity contribution in [2.24, 2.45) is 0 Å². The normalized spacial score (nSPS) is 12.4. The van der Waals surface area contributed by atoms with Gasteiger partial charge in [0.15, 0.2) is 5.82 Å². The molecule has 3 aromatic rings. The van der Waals surface area contributed by atoms with Crippen molar-refractivity contribution in [2.45, 2.75) is 24.2 Å². The van der Waals surface area contributed by atoms with Crippen molar-refractivity contribution in [1.29, 1.82) is 5.26 Å². The number of amides is 2. The van der Waals surface area contributed by atoms with Crippen molar-refractivity contribution in [3.05, 3.63) is 93.2 Å². The van der Waals surface area contributed by atoms with Gasteiger partial charge in [0.05, 0.1) is 28.6 Å². The number of rotatable bonds is 6. The standard InChI is InChI=1S/C26H13BrF11N3O2/c27-17-12-14(23(29,25(33,34)35)26(36,37)38)11-16(24(30,31)32)20(17)40-21(42)15-7-4-8-18(19(15)28)41(10-9-39)22(43)13-5-2-1-3-6-13/h1-8,11-12H,10H2,(H,40,42). The number of halogens is 12. The summed E-state index contributed by atoms with van der Waals surface area (Å²) in [5.74, 6) is -4.11. The molecule has 1 N–H and O–H groups in total. The van der Waals surface area contributed by atoms with Gasteiger partial charge in [0.25, 0.3) is 11.8 Å². The van der Waals surface area contributed by atoms with Gasteiger partial charge in [-0.2, -0.15) is 44.8 Å². The van der Waals surface area contributed by atoms with Crippen molar-refractivity contribution in [3.63, 3.8) is 0 Å². The van der Waals surface area contributed by atoms with Crippen LogP contribution in [0.15, 0.2) is 65.1 Å². The second-order valence-corrected chi connectivity index (χ2v) is 9.39. The van der Waals surface area contributed by atoms with Crippen LogP contribution in [0.4, 0.5) is 59.7 Å². The minimum absolute atomic E-state index is 0.00695. The lowest BCUT2D eigenvalue weighted by Gasteiger charge is -2.31. The Morgan fingerprint density at radius 2 is 1.44 bits per heavy atom. The van der Waals surface area contributed by atoms with Gasteiger partial charge in [0, 0.05) is 15.6 Å². The third-order valence-corrected chi connectivity index (χ3v) is 6.45. The molecule has 0 aliphatic heterocycles. The maximum Gasteiger partial charge on any atom is 0.435 e. The first-order valence-corrected chi connectivity index (χ1v) is 12.1. The summed E-state index contributed by atoms with van der Waals surface area (Å²) in [6, 6.07) is 10.4. The third kappa shape index (κ3) is 6.43. The van der Waals surface area contributed by atoms with Crippen molar-refractivity contribution in [3.8, 4) is 6.07 Å². The second kappa shape index (κ2) is 11.8. The summed E-state index contributed by atoms with van der Waals surface area (Å²) < 4.78 is 149. The van der Waals surface area contributed by atoms with E-state index in [9.17, 15) is 53.5 Å². The largest absolute Gasteiger partial charge is 0.435 e. The highest BCUT2D eigenvalue weighted by Gasteiger charge is 2.73. The van der Waals surface area contributed by atoms with Gasteiger partial charge in [0.1, 0.15) is 6.54 Å². The molecule has 0 unspecified atom stereocenters. The molecule has 5 nitrogen and oxygen atoms in total. The van der Waals surface area contributed by atoms with Gasteiger partial charge in [0.2, 0.25) is 0 Å². The lowest BCUT2D eigenvalue weighted by atomic mass is 9.92. The fraction of sp³-hybridized carbons (Fsp3) is 0.192. The molecule has 43 heavy (non-hydrogen) atoms. The summed E-state index contributed by atoms with van der Waals surface area (Å²) in [6.07, 6.45) is -19.2. The fourth-order valence-corrected chi connectivity index (χ4v) is 4.36. The molecule has 0 aliphatic carbocycles. The summed E-state index contributed by atoms with van der Waals surface area (Å²) in [7, 11) is 0. The fourth-order valence-electron chi connectivity index (χ4n) is 3.80. The zero-order valence-electron chi connectivity index (χ0n) is 20.7. The minimum atomic E-state index is -6.74. The molecule has 0 saturated heterocycles. The number of carbonyl (C=O) groups excluding carboxylic acids is 2. The monoisotopic (exact) mass is 687 g/mol. The molecule has 17 heteroatoms. The van der Waals surface area contributed by atoms with Crippen LogP contribution in [0.2, 0.25) is 0 Å². The van der Waals surface area contributed by atoms with Crippen molar-refractivity contribution < 1.29 is 57.9 Å². The maximum absolute atomic E-state index is 15.5. The zero-order chi connectivity index (χ0) is 32.5. The van der Waals surface area contributed by atoms with Gasteiger partial charge < -0.3 is 5.32 Å². The summed E-state index contributed by atoms with van der Waals surface area (Å²) >= 11 is 2.34. The molecule has 0 aliphatic rings. The molecular weight excluding hydrogens is 675 g/mol. The number of benzene rings is 3. The quantitative estimate of drug-likeness (QED) is 0.209. The molecule has 3 aromatic carbocycles. The Morgan fingerprint density at radius 3 is 1.95 bits per heavy atom. The first-order valence-electron chi connectivity index (χ1n) is 11.3. The van der Waals surface area contributed by atoms with Crippen LogP contribution in [-0.2, 0) is 11.8 Å². The van der Waals surface area contributed by atoms with Crippen LogP contribution in [0.1, 0.15) is 31.8 Å². The Bertz CT molecular complexity index is 1570. The third-order valence-electron chi connectivity index (χ3n) is 5.82. The summed E-state index contributed by atoms with van der Waals surface area (Å²) in [6.45, 7) is -0.746. The number of hydrogen-bond donors (Lipinski definition) is 1. The summed E-state index contributed by atoms with van der Waals surface area (Å²) in [5, 5.41) is 10.7. The molecule has 0 atom stereocenters. The molecule has 0 heterocycles. The van der Waals surface area contributed by atoms with E-state index in [0.29, 0.717) is 4.90 Å². The number of nitriles is 1. The molecule has 0 fully saturated rings. The van der Waals surface area contributed by atoms with Crippen LogP contribution in [0.3, 0.4) is 0 Å². The number of carbonyl (C=O) groups is 2. The Balaban J connectivity index is 2.12. The van der Waals surface area contributed by atoms with E-state index in [0.717, 1.165) is 18.2 Å². The number of alkyl halides is 10. The highest BCUT2D eigenvalue weighted by atomic mass is 79.9. The van der Waals surface area contributed by atoms with E-state index in [-0.39, 0.29) is 11.6 Å². The topological polar surface area (TPSA) is 73.2 Å². The molecule has 228 valence electrons. The lowest BCUT2D eigenvalue weighted by molar-refractivity contribution is -0.348. The molecule has 3 rings (SSSR count). The smallest absolute Gasteiger partial charge is 0.320 e. The molecule has 0 spiro atoms. The van der Waals surface area contributed by atoms with E-state index in [1.54, 1.807) is 17.5 Å². The second-order valence-electron chi connectivity index (χ2n) is 8.54. The first-order chi connectivity index (χ1) is 19.8. The zero-order valence-corrected chi connectivity index (χ0v) is 22.3. The van der Waals surface area contributed by atoms with E-state index in [1.165, 1.54) is 24.3 Å². The SMILES string of the molecule is N#CCN(C(=O)c1ccccc1)c1cccc(C(=O)Nc2c(Br)cc(C(F)(C(F)(F)F)C(F)(F)F)cc2C(F)(F)F)c1F. The molecule has 0 aromatic heterocycles. The molecule has 2 amide bonds. The van der Waals surface area contributed by atoms with E-state index in [4.69, 9.17) is 5.26 Å². The van der Waals surface area contributed by atoms with Crippen LogP contribution < -0.4 is 10.2 Å².